The zero-order valence-electron chi connectivity index (χ0n) is 18.0. The Labute approximate surface area is 195 Å². The largest absolute Gasteiger partial charge is 0.491 e. The number of hydrogen-bond acceptors (Lipinski definition) is 6. The lowest BCUT2D eigenvalue weighted by molar-refractivity contribution is -0.153. The Balaban J connectivity index is 1.49. The van der Waals surface area contributed by atoms with E-state index in [1.54, 1.807) is 6.07 Å². The first-order chi connectivity index (χ1) is 16.3. The second kappa shape index (κ2) is 10.1. The molecule has 1 N–H and O–H groups in total. The lowest BCUT2D eigenvalue weighted by Gasteiger charge is -2.13. The Morgan fingerprint density at radius 3 is 2.59 bits per heavy atom. The van der Waals surface area contributed by atoms with Crippen LogP contribution in [0, 0.1) is 0 Å². The van der Waals surface area contributed by atoms with Crippen LogP contribution in [0.3, 0.4) is 0 Å². The number of pyridine rings is 1. The fourth-order valence-corrected chi connectivity index (χ4v) is 4.18. The number of nitrogens with zero attached hydrogens (tertiary/aromatic N) is 2. The van der Waals surface area contributed by atoms with Crippen LogP contribution in [0.25, 0.3) is 11.0 Å². The van der Waals surface area contributed by atoms with E-state index in [0.717, 1.165) is 5.56 Å². The Morgan fingerprint density at radius 2 is 1.85 bits per heavy atom. The van der Waals surface area contributed by atoms with Gasteiger partial charge in [-0.1, -0.05) is 30.3 Å². The molecule has 0 spiro atoms. The Bertz CT molecular complexity index is 1300. The monoisotopic (exact) mass is 491 g/mol. The molecule has 1 unspecified atom stereocenters. The second-order valence-electron chi connectivity index (χ2n) is 7.18. The highest BCUT2D eigenvalue weighted by atomic mass is 32.2. The SMILES string of the molecule is COc1c(OCc2ccccc2)ccnc1CS(=O)c1nc2ccc(OCC(F)(F)F)cc2[nH]1. The Kier molecular flexibility index (Phi) is 7.01. The summed E-state index contributed by atoms with van der Waals surface area (Å²) < 4.78 is 66.2. The molecule has 4 aromatic rings. The van der Waals surface area contributed by atoms with Gasteiger partial charge in [0.25, 0.3) is 0 Å². The molecule has 1 atom stereocenters. The van der Waals surface area contributed by atoms with Crippen LogP contribution in [0.1, 0.15) is 11.3 Å². The van der Waals surface area contributed by atoms with Gasteiger partial charge in [-0.05, 0) is 17.7 Å². The van der Waals surface area contributed by atoms with Gasteiger partial charge in [-0.3, -0.25) is 9.19 Å². The van der Waals surface area contributed by atoms with Crippen LogP contribution < -0.4 is 14.2 Å². The van der Waals surface area contributed by atoms with Gasteiger partial charge in [-0.15, -0.1) is 0 Å². The molecule has 0 amide bonds. The van der Waals surface area contributed by atoms with E-state index in [4.69, 9.17) is 14.2 Å². The third-order valence-corrected chi connectivity index (χ3v) is 5.86. The molecule has 178 valence electrons. The topological polar surface area (TPSA) is 86.3 Å². The lowest BCUT2D eigenvalue weighted by atomic mass is 10.2. The first-order valence-electron chi connectivity index (χ1n) is 10.1. The van der Waals surface area contributed by atoms with Crippen molar-refractivity contribution in [1.29, 1.82) is 0 Å². The van der Waals surface area contributed by atoms with Crippen LogP contribution in [0.4, 0.5) is 13.2 Å². The van der Waals surface area contributed by atoms with Crippen molar-refractivity contribution in [2.24, 2.45) is 0 Å². The molecular formula is C23H20F3N3O4S. The molecule has 0 aliphatic heterocycles. The molecule has 0 saturated heterocycles. The molecule has 34 heavy (non-hydrogen) atoms. The van der Waals surface area contributed by atoms with Crippen molar-refractivity contribution in [1.82, 2.24) is 15.0 Å². The molecule has 7 nitrogen and oxygen atoms in total. The van der Waals surface area contributed by atoms with E-state index in [2.05, 4.69) is 15.0 Å². The number of alkyl halides is 3. The summed E-state index contributed by atoms with van der Waals surface area (Å²) in [4.78, 5) is 11.4. The number of ether oxygens (including phenoxy) is 3. The molecular weight excluding hydrogens is 471 g/mol. The minimum Gasteiger partial charge on any atom is -0.491 e. The standard InChI is InChI=1S/C23H20F3N3O4S/c1-31-21-19(27-10-9-20(21)32-12-15-5-3-2-4-6-15)13-34(30)22-28-17-8-7-16(11-18(17)29-22)33-14-23(24,25)26/h2-11H,12-14H2,1H3,(H,28,29). The molecule has 0 aliphatic rings. The first kappa shape index (κ1) is 23.6. The van der Waals surface area contributed by atoms with E-state index < -0.39 is 23.6 Å². The summed E-state index contributed by atoms with van der Waals surface area (Å²) in [5, 5.41) is 0.155. The van der Waals surface area contributed by atoms with Crippen LogP contribution in [-0.4, -0.2) is 39.1 Å². The smallest absolute Gasteiger partial charge is 0.422 e. The third-order valence-electron chi connectivity index (χ3n) is 4.70. The molecule has 0 radical (unpaired) electrons. The normalized spacial score (nSPS) is 12.5. The molecule has 0 bridgehead atoms. The highest BCUT2D eigenvalue weighted by Gasteiger charge is 2.28. The fourth-order valence-electron chi connectivity index (χ4n) is 3.16. The van der Waals surface area contributed by atoms with E-state index in [9.17, 15) is 17.4 Å². The van der Waals surface area contributed by atoms with Gasteiger partial charge in [0.2, 0.25) is 0 Å². The van der Waals surface area contributed by atoms with Crippen molar-refractivity contribution in [2.45, 2.75) is 23.7 Å². The number of aromatic amines is 1. The van der Waals surface area contributed by atoms with Crippen LogP contribution in [0.5, 0.6) is 17.2 Å². The van der Waals surface area contributed by atoms with Crippen molar-refractivity contribution in [3.8, 4) is 17.2 Å². The number of imidazole rings is 1. The van der Waals surface area contributed by atoms with E-state index in [1.165, 1.54) is 31.5 Å². The van der Waals surface area contributed by atoms with E-state index in [0.29, 0.717) is 34.8 Å². The van der Waals surface area contributed by atoms with Crippen LogP contribution in [0.2, 0.25) is 0 Å². The number of aromatic nitrogens is 3. The Morgan fingerprint density at radius 1 is 1.06 bits per heavy atom. The molecule has 2 aromatic carbocycles. The molecule has 0 aliphatic carbocycles. The van der Waals surface area contributed by atoms with E-state index in [1.807, 2.05) is 30.3 Å². The number of rotatable bonds is 9. The van der Waals surface area contributed by atoms with Gasteiger partial charge in [0.1, 0.15) is 12.4 Å². The first-order valence-corrected chi connectivity index (χ1v) is 11.4. The minimum absolute atomic E-state index is 0.0109. The molecule has 2 aromatic heterocycles. The highest BCUT2D eigenvalue weighted by Crippen LogP contribution is 2.32. The van der Waals surface area contributed by atoms with Gasteiger partial charge in [-0.2, -0.15) is 13.2 Å². The summed E-state index contributed by atoms with van der Waals surface area (Å²) in [6.45, 7) is -1.08. The maximum atomic E-state index is 13.0. The fraction of sp³-hybridized carbons (Fsp3) is 0.217. The quantitative estimate of drug-likeness (QED) is 0.362. The van der Waals surface area contributed by atoms with Gasteiger partial charge in [0.05, 0.1) is 40.4 Å². The summed E-state index contributed by atoms with van der Waals surface area (Å²) in [7, 11) is -0.162. The maximum Gasteiger partial charge on any atom is 0.422 e. The number of halogens is 3. The molecule has 4 rings (SSSR count). The van der Waals surface area contributed by atoms with Gasteiger partial charge in [0.15, 0.2) is 23.3 Å². The van der Waals surface area contributed by atoms with Crippen LogP contribution in [-0.2, 0) is 23.2 Å². The Hall–Kier alpha value is -3.60. The summed E-state index contributed by atoms with van der Waals surface area (Å²) in [6, 6.07) is 15.5. The highest BCUT2D eigenvalue weighted by molar-refractivity contribution is 7.84. The van der Waals surface area contributed by atoms with Gasteiger partial charge in [0, 0.05) is 18.3 Å². The second-order valence-corrected chi connectivity index (χ2v) is 8.54. The van der Waals surface area contributed by atoms with Crippen molar-refractivity contribution in [3.63, 3.8) is 0 Å². The summed E-state index contributed by atoms with van der Waals surface area (Å²) in [5.41, 5.74) is 2.25. The number of methoxy groups -OCH3 is 1. The molecule has 0 saturated carbocycles. The van der Waals surface area contributed by atoms with Gasteiger partial charge in [-0.25, -0.2) is 4.98 Å². The minimum atomic E-state index is -4.44. The predicted molar refractivity (Wildman–Crippen MR) is 119 cm³/mol. The zero-order chi connectivity index (χ0) is 24.1. The predicted octanol–water partition coefficient (Wildman–Crippen LogP) is 4.79. The van der Waals surface area contributed by atoms with Crippen molar-refractivity contribution < 1.29 is 31.6 Å². The average molecular weight is 491 g/mol. The summed E-state index contributed by atoms with van der Waals surface area (Å²) >= 11 is 0. The number of hydrogen-bond donors (Lipinski definition) is 1. The van der Waals surface area contributed by atoms with Crippen molar-refractivity contribution in [2.75, 3.05) is 13.7 Å². The average Bonchev–Trinajstić information content (AvgIpc) is 3.25. The number of nitrogens with one attached hydrogen (secondary N) is 1. The zero-order valence-corrected chi connectivity index (χ0v) is 18.8. The van der Waals surface area contributed by atoms with Crippen molar-refractivity contribution in [3.05, 3.63) is 72.1 Å². The van der Waals surface area contributed by atoms with Gasteiger partial charge >= 0.3 is 6.18 Å². The van der Waals surface area contributed by atoms with Gasteiger partial charge < -0.3 is 19.2 Å². The number of benzene rings is 2. The van der Waals surface area contributed by atoms with Crippen LogP contribution >= 0.6 is 0 Å². The molecule has 11 heteroatoms. The van der Waals surface area contributed by atoms with Crippen LogP contribution in [0.15, 0.2) is 66.0 Å². The van der Waals surface area contributed by atoms with E-state index in [-0.39, 0.29) is 16.7 Å². The molecule has 2 heterocycles. The lowest BCUT2D eigenvalue weighted by Crippen LogP contribution is -2.19. The molecule has 0 fully saturated rings. The maximum absolute atomic E-state index is 13.0. The summed E-state index contributed by atoms with van der Waals surface area (Å²) in [6.07, 6.45) is -2.90. The summed E-state index contributed by atoms with van der Waals surface area (Å²) in [5.74, 6) is 0.843. The number of H-pyrrole nitrogens is 1. The van der Waals surface area contributed by atoms with E-state index >= 15 is 0 Å². The van der Waals surface area contributed by atoms with Crippen molar-refractivity contribution >= 4 is 21.8 Å². The third kappa shape index (κ3) is 5.84. The number of fused-ring (bicyclic) bond motifs is 1.